The van der Waals surface area contributed by atoms with Gasteiger partial charge in [-0.2, -0.15) is 0 Å². The number of benzene rings is 2. The fraction of sp³-hybridized carbons (Fsp3) is 0.294. The fourth-order valence-corrected chi connectivity index (χ4v) is 2.25. The molecule has 0 unspecified atom stereocenters. The van der Waals surface area contributed by atoms with Gasteiger partial charge in [0.15, 0.2) is 0 Å². The molecule has 116 valence electrons. The van der Waals surface area contributed by atoms with E-state index in [0.29, 0.717) is 6.54 Å². The van der Waals surface area contributed by atoms with Gasteiger partial charge in [-0.3, -0.25) is 10.1 Å². The van der Waals surface area contributed by atoms with Gasteiger partial charge >= 0.3 is 0 Å². The summed E-state index contributed by atoms with van der Waals surface area (Å²) in [6, 6.07) is 13.0. The Morgan fingerprint density at radius 2 is 1.86 bits per heavy atom. The van der Waals surface area contributed by atoms with Gasteiger partial charge in [-0.1, -0.05) is 26.0 Å². The zero-order chi connectivity index (χ0) is 16.1. The molecule has 0 aliphatic heterocycles. The van der Waals surface area contributed by atoms with Crippen LogP contribution in [-0.4, -0.2) is 12.0 Å². The molecular weight excluding hydrogens is 280 g/mol. The summed E-state index contributed by atoms with van der Waals surface area (Å²) in [5, 5.41) is 14.4. The molecule has 0 saturated heterocycles. The molecule has 0 aliphatic carbocycles. The molecule has 22 heavy (non-hydrogen) atoms. The molecule has 2 aromatic rings. The number of nitro groups is 1. The molecule has 0 aromatic heterocycles. The SMILES string of the molecule is COc1ccc(CNc2ccc(C(C)C)c([N+](=O)[O-])c2)cc1. The van der Waals surface area contributed by atoms with Gasteiger partial charge in [0.25, 0.3) is 5.69 Å². The summed E-state index contributed by atoms with van der Waals surface area (Å²) in [5.74, 6) is 0.928. The monoisotopic (exact) mass is 300 g/mol. The first kappa shape index (κ1) is 15.8. The van der Waals surface area contributed by atoms with Crippen LogP contribution in [0, 0.1) is 10.1 Å². The summed E-state index contributed by atoms with van der Waals surface area (Å²) in [7, 11) is 1.63. The van der Waals surface area contributed by atoms with E-state index >= 15 is 0 Å². The number of methoxy groups -OCH3 is 1. The number of hydrogen-bond acceptors (Lipinski definition) is 4. The standard InChI is InChI=1S/C17H20N2O3/c1-12(2)16-9-6-14(10-17(16)19(20)21)18-11-13-4-7-15(22-3)8-5-13/h4-10,12,18H,11H2,1-3H3. The van der Waals surface area contributed by atoms with Crippen molar-refractivity contribution in [3.8, 4) is 5.75 Å². The number of nitro benzene ring substituents is 1. The maximum absolute atomic E-state index is 11.2. The van der Waals surface area contributed by atoms with E-state index in [1.807, 2.05) is 50.2 Å². The lowest BCUT2D eigenvalue weighted by Gasteiger charge is -2.11. The van der Waals surface area contributed by atoms with Gasteiger partial charge in [0.2, 0.25) is 0 Å². The van der Waals surface area contributed by atoms with Gasteiger partial charge in [-0.05, 0) is 35.7 Å². The van der Waals surface area contributed by atoms with Crippen LogP contribution in [-0.2, 0) is 6.54 Å². The molecule has 0 saturated carbocycles. The lowest BCUT2D eigenvalue weighted by atomic mass is 10.0. The van der Waals surface area contributed by atoms with Gasteiger partial charge in [0.05, 0.1) is 12.0 Å². The number of hydrogen-bond donors (Lipinski definition) is 1. The molecule has 0 amide bonds. The Morgan fingerprint density at radius 1 is 1.18 bits per heavy atom. The first-order valence-electron chi connectivity index (χ1n) is 7.16. The van der Waals surface area contributed by atoms with Crippen molar-refractivity contribution in [2.24, 2.45) is 0 Å². The summed E-state index contributed by atoms with van der Waals surface area (Å²) in [6.45, 7) is 4.50. The molecule has 2 rings (SSSR count). The van der Waals surface area contributed by atoms with Crippen LogP contribution < -0.4 is 10.1 Å². The highest BCUT2D eigenvalue weighted by atomic mass is 16.6. The van der Waals surface area contributed by atoms with Gasteiger partial charge < -0.3 is 10.1 Å². The molecular formula is C17H20N2O3. The van der Waals surface area contributed by atoms with Crippen LogP contribution in [0.1, 0.15) is 30.9 Å². The smallest absolute Gasteiger partial charge is 0.274 e. The van der Waals surface area contributed by atoms with Crippen molar-refractivity contribution < 1.29 is 9.66 Å². The summed E-state index contributed by atoms with van der Waals surface area (Å²) < 4.78 is 5.11. The van der Waals surface area contributed by atoms with Crippen LogP contribution in [0.3, 0.4) is 0 Å². The molecule has 0 aliphatic rings. The van der Waals surface area contributed by atoms with Crippen LogP contribution in [0.2, 0.25) is 0 Å². The maximum Gasteiger partial charge on any atom is 0.274 e. The Hall–Kier alpha value is -2.56. The Kier molecular flexibility index (Phi) is 4.99. The molecule has 0 bridgehead atoms. The number of nitrogens with zero attached hydrogens (tertiary/aromatic N) is 1. The second-order valence-corrected chi connectivity index (χ2v) is 5.39. The van der Waals surface area contributed by atoms with E-state index < -0.39 is 0 Å². The predicted octanol–water partition coefficient (Wildman–Crippen LogP) is 4.34. The van der Waals surface area contributed by atoms with Crippen LogP contribution in [0.25, 0.3) is 0 Å². The van der Waals surface area contributed by atoms with Crippen LogP contribution in [0.5, 0.6) is 5.75 Å². The predicted molar refractivity (Wildman–Crippen MR) is 87.5 cm³/mol. The van der Waals surface area contributed by atoms with E-state index in [9.17, 15) is 10.1 Å². The van der Waals surface area contributed by atoms with E-state index in [1.165, 1.54) is 0 Å². The molecule has 0 fully saturated rings. The van der Waals surface area contributed by atoms with Crippen LogP contribution >= 0.6 is 0 Å². The first-order chi connectivity index (χ1) is 10.5. The molecule has 1 N–H and O–H groups in total. The summed E-state index contributed by atoms with van der Waals surface area (Å²) >= 11 is 0. The molecule has 0 atom stereocenters. The van der Waals surface area contributed by atoms with Crippen molar-refractivity contribution in [2.75, 3.05) is 12.4 Å². The van der Waals surface area contributed by atoms with Crippen molar-refractivity contribution in [1.82, 2.24) is 0 Å². The van der Waals surface area contributed by atoms with Crippen molar-refractivity contribution >= 4 is 11.4 Å². The summed E-state index contributed by atoms with van der Waals surface area (Å²) in [5.41, 5.74) is 2.73. The third kappa shape index (κ3) is 3.75. The Morgan fingerprint density at radius 3 is 2.41 bits per heavy atom. The van der Waals surface area contributed by atoms with Crippen LogP contribution in [0.15, 0.2) is 42.5 Å². The number of nitrogens with one attached hydrogen (secondary N) is 1. The van der Waals surface area contributed by atoms with Crippen molar-refractivity contribution in [1.29, 1.82) is 0 Å². The van der Waals surface area contributed by atoms with Gasteiger partial charge in [-0.15, -0.1) is 0 Å². The average Bonchev–Trinajstić information content (AvgIpc) is 2.53. The molecule has 0 radical (unpaired) electrons. The van der Waals surface area contributed by atoms with Crippen molar-refractivity contribution in [3.05, 3.63) is 63.7 Å². The largest absolute Gasteiger partial charge is 0.497 e. The highest BCUT2D eigenvalue weighted by Gasteiger charge is 2.16. The van der Waals surface area contributed by atoms with E-state index in [2.05, 4.69) is 5.32 Å². The lowest BCUT2D eigenvalue weighted by molar-refractivity contribution is -0.385. The number of anilines is 1. The highest BCUT2D eigenvalue weighted by molar-refractivity contribution is 5.56. The maximum atomic E-state index is 11.2. The minimum atomic E-state index is -0.326. The van der Waals surface area contributed by atoms with Gasteiger partial charge in [-0.25, -0.2) is 0 Å². The van der Waals surface area contributed by atoms with Gasteiger partial charge in [0.1, 0.15) is 5.75 Å². The van der Waals surface area contributed by atoms with Gasteiger partial charge in [0, 0.05) is 23.9 Å². The minimum absolute atomic E-state index is 0.121. The summed E-state index contributed by atoms with van der Waals surface area (Å²) in [6.07, 6.45) is 0. The molecule has 5 nitrogen and oxygen atoms in total. The van der Waals surface area contributed by atoms with E-state index in [-0.39, 0.29) is 16.5 Å². The Bertz CT molecular complexity index is 651. The van der Waals surface area contributed by atoms with E-state index in [0.717, 1.165) is 22.6 Å². The molecule has 0 heterocycles. The second-order valence-electron chi connectivity index (χ2n) is 5.39. The lowest BCUT2D eigenvalue weighted by Crippen LogP contribution is -2.02. The quantitative estimate of drug-likeness (QED) is 0.636. The van der Waals surface area contributed by atoms with E-state index in [1.54, 1.807) is 13.2 Å². The average molecular weight is 300 g/mol. The zero-order valence-electron chi connectivity index (χ0n) is 13.0. The van der Waals surface area contributed by atoms with E-state index in [4.69, 9.17) is 4.74 Å². The normalized spacial score (nSPS) is 10.5. The fourth-order valence-electron chi connectivity index (χ4n) is 2.25. The molecule has 2 aromatic carbocycles. The third-order valence-corrected chi connectivity index (χ3v) is 3.50. The first-order valence-corrected chi connectivity index (χ1v) is 7.16. The topological polar surface area (TPSA) is 64.4 Å². The zero-order valence-corrected chi connectivity index (χ0v) is 13.0. The van der Waals surface area contributed by atoms with Crippen molar-refractivity contribution in [3.63, 3.8) is 0 Å². The highest BCUT2D eigenvalue weighted by Crippen LogP contribution is 2.29. The Labute approximate surface area is 130 Å². The minimum Gasteiger partial charge on any atom is -0.497 e. The Balaban J connectivity index is 2.12. The molecule has 5 heteroatoms. The summed E-state index contributed by atoms with van der Waals surface area (Å²) in [4.78, 5) is 10.9. The molecule has 0 spiro atoms. The van der Waals surface area contributed by atoms with Crippen LogP contribution in [0.4, 0.5) is 11.4 Å². The third-order valence-electron chi connectivity index (χ3n) is 3.50. The number of ether oxygens (including phenoxy) is 1. The van der Waals surface area contributed by atoms with Crippen molar-refractivity contribution in [2.45, 2.75) is 26.3 Å². The second kappa shape index (κ2) is 6.93. The number of rotatable bonds is 6.